The number of hydrogen-bond donors (Lipinski definition) is 0. The summed E-state index contributed by atoms with van der Waals surface area (Å²) in [5, 5.41) is 0. The summed E-state index contributed by atoms with van der Waals surface area (Å²) in [6.45, 7) is 2.68. The molecule has 2 aromatic carbocycles. The molecule has 0 radical (unpaired) electrons. The van der Waals surface area contributed by atoms with Crippen LogP contribution in [0.3, 0.4) is 0 Å². The molecule has 2 unspecified atom stereocenters. The van der Waals surface area contributed by atoms with Crippen molar-refractivity contribution in [3.63, 3.8) is 0 Å². The molecule has 2 aromatic rings. The molecule has 170 valence electrons. The number of carbonyl (C=O) groups is 1. The summed E-state index contributed by atoms with van der Waals surface area (Å²) in [5.74, 6) is 0.574. The molecule has 2 fully saturated rings. The SMILES string of the molecule is CN1CCC(C(=O)N2CCC3CC2c2cc(-c4cccc(OC(F)(F)F)c4)ccc23)CC1. The number of piperidine rings is 2. The molecule has 32 heavy (non-hydrogen) atoms. The minimum Gasteiger partial charge on any atom is -0.406 e. The lowest BCUT2D eigenvalue weighted by atomic mass is 9.91. The van der Waals surface area contributed by atoms with Crippen LogP contribution in [0.4, 0.5) is 13.2 Å². The molecule has 4 nitrogen and oxygen atoms in total. The Morgan fingerprint density at radius 3 is 2.47 bits per heavy atom. The second-order valence-electron chi connectivity index (χ2n) is 9.27. The van der Waals surface area contributed by atoms with E-state index >= 15 is 0 Å². The zero-order valence-corrected chi connectivity index (χ0v) is 18.1. The van der Waals surface area contributed by atoms with Crippen molar-refractivity contribution in [2.75, 3.05) is 26.7 Å². The molecule has 7 heteroatoms. The van der Waals surface area contributed by atoms with Gasteiger partial charge in [-0.15, -0.1) is 13.2 Å². The van der Waals surface area contributed by atoms with E-state index in [9.17, 15) is 18.0 Å². The zero-order valence-electron chi connectivity index (χ0n) is 18.1. The Labute approximate surface area is 186 Å². The van der Waals surface area contributed by atoms with Crippen LogP contribution in [0.25, 0.3) is 11.1 Å². The molecule has 0 spiro atoms. The minimum absolute atomic E-state index is 0.0606. The monoisotopic (exact) mass is 444 g/mol. The van der Waals surface area contributed by atoms with E-state index in [0.29, 0.717) is 11.5 Å². The Kier molecular flexibility index (Phi) is 5.40. The van der Waals surface area contributed by atoms with Crippen molar-refractivity contribution in [2.24, 2.45) is 5.92 Å². The van der Waals surface area contributed by atoms with Crippen LogP contribution in [0.1, 0.15) is 48.8 Å². The average Bonchev–Trinajstić information content (AvgIpc) is 3.04. The maximum atomic E-state index is 13.4. The van der Waals surface area contributed by atoms with Crippen LogP contribution in [0.15, 0.2) is 42.5 Å². The van der Waals surface area contributed by atoms with Gasteiger partial charge in [-0.05, 0) is 92.2 Å². The van der Waals surface area contributed by atoms with E-state index in [1.54, 1.807) is 12.1 Å². The molecule has 5 rings (SSSR count). The Morgan fingerprint density at radius 1 is 0.969 bits per heavy atom. The summed E-state index contributed by atoms with van der Waals surface area (Å²) in [7, 11) is 2.09. The molecule has 2 bridgehead atoms. The van der Waals surface area contributed by atoms with E-state index < -0.39 is 6.36 Å². The van der Waals surface area contributed by atoms with Crippen molar-refractivity contribution < 1.29 is 22.7 Å². The fourth-order valence-electron chi connectivity index (χ4n) is 5.58. The van der Waals surface area contributed by atoms with E-state index in [2.05, 4.69) is 33.7 Å². The van der Waals surface area contributed by atoms with Gasteiger partial charge in [0.05, 0.1) is 6.04 Å². The quantitative estimate of drug-likeness (QED) is 0.640. The van der Waals surface area contributed by atoms with Gasteiger partial charge < -0.3 is 14.5 Å². The first-order valence-electron chi connectivity index (χ1n) is 11.3. The van der Waals surface area contributed by atoms with Crippen molar-refractivity contribution in [1.29, 1.82) is 0 Å². The highest BCUT2D eigenvalue weighted by Crippen LogP contribution is 2.50. The topological polar surface area (TPSA) is 32.8 Å². The molecule has 0 aromatic heterocycles. The molecule has 1 aliphatic carbocycles. The van der Waals surface area contributed by atoms with Crippen LogP contribution in [-0.2, 0) is 4.79 Å². The predicted octanol–water partition coefficient (Wildman–Crippen LogP) is 5.35. The van der Waals surface area contributed by atoms with Crippen LogP contribution < -0.4 is 4.74 Å². The molecule has 2 atom stereocenters. The maximum absolute atomic E-state index is 13.4. The number of nitrogens with zero attached hydrogens (tertiary/aromatic N) is 2. The summed E-state index contributed by atoms with van der Waals surface area (Å²) in [5.41, 5.74) is 3.94. The number of ether oxygens (including phenoxy) is 1. The van der Waals surface area contributed by atoms with Gasteiger partial charge in [-0.3, -0.25) is 4.79 Å². The summed E-state index contributed by atoms with van der Waals surface area (Å²) in [6.07, 6.45) is -1.01. The van der Waals surface area contributed by atoms with Crippen molar-refractivity contribution in [2.45, 2.75) is 44.0 Å². The fraction of sp³-hybridized carbons (Fsp3) is 0.480. The lowest BCUT2D eigenvalue weighted by molar-refractivity contribution is -0.274. The first-order valence-corrected chi connectivity index (χ1v) is 11.3. The molecule has 0 N–H and O–H groups in total. The lowest BCUT2D eigenvalue weighted by Crippen LogP contribution is -2.44. The number of alkyl halides is 3. The number of halogens is 3. The normalized spacial score (nSPS) is 23.8. The van der Waals surface area contributed by atoms with Gasteiger partial charge in [-0.25, -0.2) is 0 Å². The van der Waals surface area contributed by atoms with Crippen molar-refractivity contribution in [1.82, 2.24) is 9.80 Å². The first kappa shape index (κ1) is 21.3. The van der Waals surface area contributed by atoms with Crippen molar-refractivity contribution in [3.05, 3.63) is 53.6 Å². The number of likely N-dealkylation sites (tertiary alicyclic amines) is 2. The van der Waals surface area contributed by atoms with Crippen LogP contribution in [0, 0.1) is 5.92 Å². The Bertz CT molecular complexity index is 1010. The van der Waals surface area contributed by atoms with E-state index in [1.165, 1.54) is 17.7 Å². The number of hydrogen-bond acceptors (Lipinski definition) is 3. The number of rotatable bonds is 3. The first-order chi connectivity index (χ1) is 15.3. The van der Waals surface area contributed by atoms with Gasteiger partial charge >= 0.3 is 6.36 Å². The van der Waals surface area contributed by atoms with E-state index in [1.807, 2.05) is 6.07 Å². The molecular weight excluding hydrogens is 417 g/mol. The zero-order chi connectivity index (χ0) is 22.5. The van der Waals surface area contributed by atoms with Gasteiger partial charge in [0.2, 0.25) is 5.91 Å². The highest BCUT2D eigenvalue weighted by Gasteiger charge is 2.42. The molecule has 2 saturated heterocycles. The van der Waals surface area contributed by atoms with Gasteiger partial charge in [-0.2, -0.15) is 0 Å². The van der Waals surface area contributed by atoms with E-state index in [-0.39, 0.29) is 23.6 Å². The average molecular weight is 444 g/mol. The van der Waals surface area contributed by atoms with E-state index in [0.717, 1.165) is 56.4 Å². The minimum atomic E-state index is -4.72. The summed E-state index contributed by atoms with van der Waals surface area (Å²) in [6, 6.07) is 12.3. The highest BCUT2D eigenvalue weighted by atomic mass is 19.4. The smallest absolute Gasteiger partial charge is 0.406 e. The Morgan fingerprint density at radius 2 is 1.72 bits per heavy atom. The maximum Gasteiger partial charge on any atom is 0.573 e. The summed E-state index contributed by atoms with van der Waals surface area (Å²) < 4.78 is 42.0. The van der Waals surface area contributed by atoms with Crippen molar-refractivity contribution >= 4 is 5.91 Å². The molecule has 2 heterocycles. The van der Waals surface area contributed by atoms with Crippen LogP contribution in [0.5, 0.6) is 5.75 Å². The van der Waals surface area contributed by atoms with Crippen LogP contribution in [-0.4, -0.2) is 48.8 Å². The van der Waals surface area contributed by atoms with Crippen molar-refractivity contribution in [3.8, 4) is 16.9 Å². The number of carbonyl (C=O) groups excluding carboxylic acids is 1. The van der Waals surface area contributed by atoms with Gasteiger partial charge in [0.25, 0.3) is 0 Å². The second-order valence-corrected chi connectivity index (χ2v) is 9.27. The third-order valence-electron chi connectivity index (χ3n) is 7.24. The van der Waals surface area contributed by atoms with Gasteiger partial charge in [0.1, 0.15) is 5.75 Å². The highest BCUT2D eigenvalue weighted by molar-refractivity contribution is 5.80. The Balaban J connectivity index is 1.41. The van der Waals surface area contributed by atoms with E-state index in [4.69, 9.17) is 0 Å². The Hall–Kier alpha value is -2.54. The largest absolute Gasteiger partial charge is 0.573 e. The number of fused-ring (bicyclic) bond motifs is 5. The molecule has 3 aliphatic rings. The standard InChI is InChI=1S/C25H27F3N2O2/c1-29-10-7-16(8-11-29)24(31)30-12-9-19-15-23(30)22-14-18(5-6-21(19)22)17-3-2-4-20(13-17)32-25(26,27)28/h2-6,13-14,16,19,23H,7-12,15H2,1H3. The van der Waals surface area contributed by atoms with Gasteiger partial charge in [0.15, 0.2) is 0 Å². The third-order valence-corrected chi connectivity index (χ3v) is 7.24. The third kappa shape index (κ3) is 4.10. The van der Waals surface area contributed by atoms with Crippen LogP contribution in [0.2, 0.25) is 0 Å². The number of amides is 1. The van der Waals surface area contributed by atoms with Gasteiger partial charge in [0, 0.05) is 12.5 Å². The second kappa shape index (κ2) is 8.10. The molecule has 2 aliphatic heterocycles. The number of benzene rings is 2. The van der Waals surface area contributed by atoms with Gasteiger partial charge in [-0.1, -0.05) is 24.3 Å². The summed E-state index contributed by atoms with van der Waals surface area (Å²) >= 11 is 0. The lowest BCUT2D eigenvalue weighted by Gasteiger charge is -2.38. The molecule has 0 saturated carbocycles. The molecule has 1 amide bonds. The molecular formula is C25H27F3N2O2. The predicted molar refractivity (Wildman–Crippen MR) is 115 cm³/mol. The fourth-order valence-corrected chi connectivity index (χ4v) is 5.58. The van der Waals surface area contributed by atoms with Crippen LogP contribution >= 0.6 is 0 Å². The summed E-state index contributed by atoms with van der Waals surface area (Å²) in [4.78, 5) is 17.7.